The van der Waals surface area contributed by atoms with Crippen LogP contribution in [-0.4, -0.2) is 49.9 Å². The monoisotopic (exact) mass is 341 g/mol. The summed E-state index contributed by atoms with van der Waals surface area (Å²) in [5.74, 6) is 0.162. The van der Waals surface area contributed by atoms with Crippen LogP contribution < -0.4 is 10.2 Å². The Kier molecular flexibility index (Phi) is 5.07. The fourth-order valence-electron chi connectivity index (χ4n) is 2.98. The molecule has 1 aromatic heterocycles. The van der Waals surface area contributed by atoms with Crippen LogP contribution in [0.4, 0.5) is 5.69 Å². The van der Waals surface area contributed by atoms with E-state index in [-0.39, 0.29) is 17.9 Å². The molecule has 132 valence electrons. The predicted octanol–water partition coefficient (Wildman–Crippen LogP) is 2.38. The molecular formula is C19H23N3O3. The quantitative estimate of drug-likeness (QED) is 0.927. The van der Waals surface area contributed by atoms with Crippen LogP contribution in [-0.2, 0) is 0 Å². The van der Waals surface area contributed by atoms with Gasteiger partial charge < -0.3 is 19.5 Å². The topological polar surface area (TPSA) is 65.8 Å². The van der Waals surface area contributed by atoms with E-state index in [1.54, 1.807) is 12.1 Å². The van der Waals surface area contributed by atoms with Crippen molar-refractivity contribution in [2.24, 2.45) is 0 Å². The predicted molar refractivity (Wildman–Crippen MR) is 95.9 cm³/mol. The molecule has 0 unspecified atom stereocenters. The average molecular weight is 341 g/mol. The molecule has 2 aromatic rings. The Hall–Kier alpha value is -2.76. The maximum atomic E-state index is 12.6. The Morgan fingerprint density at radius 2 is 1.80 bits per heavy atom. The number of benzene rings is 1. The highest BCUT2D eigenvalue weighted by Gasteiger charge is 2.25. The Bertz CT molecular complexity index is 715. The van der Waals surface area contributed by atoms with E-state index in [1.807, 2.05) is 48.2 Å². The molecule has 25 heavy (non-hydrogen) atoms. The van der Waals surface area contributed by atoms with E-state index < -0.39 is 0 Å². The molecule has 1 aromatic carbocycles. The lowest BCUT2D eigenvalue weighted by molar-refractivity contribution is 0.0695. The van der Waals surface area contributed by atoms with Gasteiger partial charge in [0.05, 0.1) is 6.26 Å². The molecule has 3 rings (SSSR count). The van der Waals surface area contributed by atoms with E-state index in [0.717, 1.165) is 18.5 Å². The second kappa shape index (κ2) is 7.42. The summed E-state index contributed by atoms with van der Waals surface area (Å²) < 4.78 is 5.10. The molecule has 1 saturated heterocycles. The number of likely N-dealkylation sites (tertiary alicyclic amines) is 1. The van der Waals surface area contributed by atoms with Gasteiger partial charge in [0.1, 0.15) is 0 Å². The first-order chi connectivity index (χ1) is 12.0. The molecular weight excluding hydrogens is 318 g/mol. The zero-order chi connectivity index (χ0) is 17.8. The fourth-order valence-corrected chi connectivity index (χ4v) is 2.98. The molecule has 6 heteroatoms. The minimum absolute atomic E-state index is 0.0427. The summed E-state index contributed by atoms with van der Waals surface area (Å²) in [6, 6.07) is 11.0. The molecule has 1 aliphatic rings. The minimum atomic E-state index is -0.200. The van der Waals surface area contributed by atoms with E-state index in [9.17, 15) is 9.59 Å². The number of anilines is 1. The number of furan rings is 1. The summed E-state index contributed by atoms with van der Waals surface area (Å²) >= 11 is 0. The number of piperidine rings is 1. The van der Waals surface area contributed by atoms with E-state index in [2.05, 4.69) is 5.32 Å². The summed E-state index contributed by atoms with van der Waals surface area (Å²) in [6.45, 7) is 1.27. The first-order valence-electron chi connectivity index (χ1n) is 8.45. The molecule has 1 aliphatic heterocycles. The van der Waals surface area contributed by atoms with E-state index >= 15 is 0 Å². The van der Waals surface area contributed by atoms with Crippen molar-refractivity contribution in [3.8, 4) is 0 Å². The van der Waals surface area contributed by atoms with Crippen LogP contribution in [0.25, 0.3) is 0 Å². The van der Waals surface area contributed by atoms with Crippen LogP contribution in [0.1, 0.15) is 33.8 Å². The smallest absolute Gasteiger partial charge is 0.287 e. The lowest BCUT2D eigenvalue weighted by atomic mass is 10.0. The zero-order valence-electron chi connectivity index (χ0n) is 14.6. The summed E-state index contributed by atoms with van der Waals surface area (Å²) in [5.41, 5.74) is 1.76. The van der Waals surface area contributed by atoms with E-state index in [1.165, 1.54) is 6.26 Å². The average Bonchev–Trinajstić information content (AvgIpc) is 3.17. The van der Waals surface area contributed by atoms with Crippen LogP contribution in [0.5, 0.6) is 0 Å². The Morgan fingerprint density at radius 3 is 2.36 bits per heavy atom. The third-order valence-electron chi connectivity index (χ3n) is 4.49. The van der Waals surface area contributed by atoms with Crippen LogP contribution in [0, 0.1) is 0 Å². The Labute approximate surface area is 147 Å². The molecule has 2 amide bonds. The number of rotatable bonds is 4. The van der Waals surface area contributed by atoms with Crippen LogP contribution in [0.2, 0.25) is 0 Å². The highest BCUT2D eigenvalue weighted by molar-refractivity contribution is 5.94. The second-order valence-corrected chi connectivity index (χ2v) is 6.46. The van der Waals surface area contributed by atoms with Crippen molar-refractivity contribution < 1.29 is 14.0 Å². The van der Waals surface area contributed by atoms with Gasteiger partial charge in [-0.25, -0.2) is 0 Å². The third kappa shape index (κ3) is 4.02. The highest BCUT2D eigenvalue weighted by atomic mass is 16.3. The van der Waals surface area contributed by atoms with Crippen molar-refractivity contribution in [2.45, 2.75) is 18.9 Å². The lowest BCUT2D eigenvalue weighted by Gasteiger charge is -2.32. The molecule has 0 atom stereocenters. The normalized spacial score (nSPS) is 15.0. The minimum Gasteiger partial charge on any atom is -0.459 e. The maximum Gasteiger partial charge on any atom is 0.287 e. The molecule has 0 bridgehead atoms. The van der Waals surface area contributed by atoms with Gasteiger partial charge in [-0.05, 0) is 49.2 Å². The lowest BCUT2D eigenvalue weighted by Crippen LogP contribution is -2.46. The van der Waals surface area contributed by atoms with Gasteiger partial charge in [0.15, 0.2) is 5.76 Å². The first-order valence-corrected chi connectivity index (χ1v) is 8.45. The van der Waals surface area contributed by atoms with Crippen LogP contribution >= 0.6 is 0 Å². The first kappa shape index (κ1) is 17.1. The molecule has 0 radical (unpaired) electrons. The fraction of sp³-hybridized carbons (Fsp3) is 0.368. The van der Waals surface area contributed by atoms with Crippen molar-refractivity contribution in [1.29, 1.82) is 0 Å². The van der Waals surface area contributed by atoms with Gasteiger partial charge in [-0.2, -0.15) is 0 Å². The summed E-state index contributed by atoms with van der Waals surface area (Å²) in [7, 11) is 3.94. The number of hydrogen-bond donors (Lipinski definition) is 1. The molecule has 0 spiro atoms. The zero-order valence-corrected chi connectivity index (χ0v) is 14.6. The van der Waals surface area contributed by atoms with Crippen molar-refractivity contribution in [3.05, 3.63) is 54.0 Å². The van der Waals surface area contributed by atoms with Crippen LogP contribution in [0.15, 0.2) is 47.1 Å². The van der Waals surface area contributed by atoms with Gasteiger partial charge in [0.2, 0.25) is 0 Å². The number of nitrogens with one attached hydrogen (secondary N) is 1. The molecule has 1 N–H and O–H groups in total. The number of nitrogens with zero attached hydrogens (tertiary/aromatic N) is 2. The standard InChI is InChI=1S/C19H23N3O3/c1-21(2)16-7-5-14(6-8-16)19(24)22-11-9-15(10-12-22)20-18(23)17-4-3-13-25-17/h3-8,13,15H,9-12H2,1-2H3,(H,20,23). The van der Waals surface area contributed by atoms with E-state index in [4.69, 9.17) is 4.42 Å². The van der Waals surface area contributed by atoms with E-state index in [0.29, 0.717) is 24.4 Å². The van der Waals surface area contributed by atoms with Crippen molar-refractivity contribution in [1.82, 2.24) is 10.2 Å². The van der Waals surface area contributed by atoms with Gasteiger partial charge in [0.25, 0.3) is 11.8 Å². The number of amides is 2. The molecule has 2 heterocycles. The van der Waals surface area contributed by atoms with Gasteiger partial charge in [-0.1, -0.05) is 0 Å². The summed E-state index contributed by atoms with van der Waals surface area (Å²) in [5, 5.41) is 2.96. The van der Waals surface area contributed by atoms with Gasteiger partial charge in [0, 0.05) is 44.5 Å². The molecule has 1 fully saturated rings. The highest BCUT2D eigenvalue weighted by Crippen LogP contribution is 2.17. The van der Waals surface area contributed by atoms with Gasteiger partial charge in [-0.3, -0.25) is 9.59 Å². The third-order valence-corrected chi connectivity index (χ3v) is 4.49. The van der Waals surface area contributed by atoms with Crippen molar-refractivity contribution in [3.63, 3.8) is 0 Å². The second-order valence-electron chi connectivity index (χ2n) is 6.46. The molecule has 0 aliphatic carbocycles. The Morgan fingerprint density at radius 1 is 1.12 bits per heavy atom. The number of carbonyl (C=O) groups is 2. The van der Waals surface area contributed by atoms with Crippen LogP contribution in [0.3, 0.4) is 0 Å². The summed E-state index contributed by atoms with van der Waals surface area (Å²) in [4.78, 5) is 28.5. The van der Waals surface area contributed by atoms with Crippen molar-refractivity contribution in [2.75, 3.05) is 32.1 Å². The summed E-state index contributed by atoms with van der Waals surface area (Å²) in [6.07, 6.45) is 2.97. The maximum absolute atomic E-state index is 12.6. The molecule has 0 saturated carbocycles. The van der Waals surface area contributed by atoms with Gasteiger partial charge >= 0.3 is 0 Å². The number of carbonyl (C=O) groups excluding carboxylic acids is 2. The van der Waals surface area contributed by atoms with Gasteiger partial charge in [-0.15, -0.1) is 0 Å². The SMILES string of the molecule is CN(C)c1ccc(C(=O)N2CCC(NC(=O)c3ccco3)CC2)cc1. The Balaban J connectivity index is 1.53. The number of hydrogen-bond acceptors (Lipinski definition) is 4. The molecule has 6 nitrogen and oxygen atoms in total. The largest absolute Gasteiger partial charge is 0.459 e. The van der Waals surface area contributed by atoms with Crippen molar-refractivity contribution >= 4 is 17.5 Å².